The average Bonchev–Trinajstić information content (AvgIpc) is 3.33. The number of aliphatic hydroxyl groups excluding tert-OH is 1. The smallest absolute Gasteiger partial charge is 1.00 e. The zero-order valence-electron chi connectivity index (χ0n) is 18.7. The van der Waals surface area contributed by atoms with E-state index in [-0.39, 0.29) is 55.6 Å². The molecular weight excluding hydrogens is 501 g/mol. The van der Waals surface area contributed by atoms with Crippen LogP contribution >= 0.6 is 34.9 Å². The minimum absolute atomic E-state index is 0. The zero-order valence-corrected chi connectivity index (χ0v) is 22.2. The van der Waals surface area contributed by atoms with E-state index >= 15 is 0 Å². The van der Waals surface area contributed by atoms with Crippen LogP contribution in [0.25, 0.3) is 0 Å². The summed E-state index contributed by atoms with van der Waals surface area (Å²) in [5.41, 5.74) is 6.60. The van der Waals surface area contributed by atoms with E-state index in [1.54, 1.807) is 17.0 Å². The number of carboxylic acids is 1. The summed E-state index contributed by atoms with van der Waals surface area (Å²) in [6.45, 7) is -0.254. The number of thioether (sulfide) groups is 2. The molecule has 33 heavy (non-hydrogen) atoms. The Morgan fingerprint density at radius 2 is 2.18 bits per heavy atom. The Morgan fingerprint density at radius 3 is 2.79 bits per heavy atom. The van der Waals surface area contributed by atoms with Crippen molar-refractivity contribution in [3.63, 3.8) is 0 Å². The number of hydrogen-bond acceptors (Lipinski definition) is 11. The Balaban J connectivity index is 0.00000204. The predicted molar refractivity (Wildman–Crippen MR) is 119 cm³/mol. The van der Waals surface area contributed by atoms with Crippen LogP contribution in [0.5, 0.6) is 0 Å². The maximum absolute atomic E-state index is 12.7. The first kappa shape index (κ1) is 26.0. The predicted octanol–water partition coefficient (Wildman–Crippen LogP) is -3.46. The van der Waals surface area contributed by atoms with Gasteiger partial charge in [0.05, 0.1) is 12.1 Å². The number of fused-ring (bicyclic) bond motifs is 1. The van der Waals surface area contributed by atoms with E-state index in [4.69, 9.17) is 5.73 Å². The van der Waals surface area contributed by atoms with Crippen molar-refractivity contribution in [3.8, 4) is 0 Å². The molecule has 5 N–H and O–H groups in total. The van der Waals surface area contributed by atoms with Crippen LogP contribution in [0.3, 0.4) is 0 Å². The summed E-state index contributed by atoms with van der Waals surface area (Å²) in [5.74, 6) is -0.952. The van der Waals surface area contributed by atoms with Gasteiger partial charge in [-0.05, 0) is 5.57 Å². The molecule has 0 saturated carbocycles. The molecule has 2 amide bonds. The molecule has 172 valence electrons. The summed E-state index contributed by atoms with van der Waals surface area (Å²) < 4.78 is 1.63. The molecule has 0 aromatic carbocycles. The molecule has 4 rings (SSSR count). The molecular formula is C17H20N7NaO5S3. The van der Waals surface area contributed by atoms with E-state index < -0.39 is 23.3 Å². The van der Waals surface area contributed by atoms with Crippen LogP contribution in [0.4, 0.5) is 5.13 Å². The Bertz CT molecular complexity index is 1130. The molecule has 2 atom stereocenters. The largest absolute Gasteiger partial charge is 1.00 e. The third-order valence-electron chi connectivity index (χ3n) is 4.92. The van der Waals surface area contributed by atoms with Crippen molar-refractivity contribution in [2.45, 2.75) is 29.6 Å². The van der Waals surface area contributed by atoms with Crippen molar-refractivity contribution in [2.24, 2.45) is 7.05 Å². The van der Waals surface area contributed by atoms with Gasteiger partial charge in [0.1, 0.15) is 23.7 Å². The summed E-state index contributed by atoms with van der Waals surface area (Å²) >= 11 is 3.89. The number of carbonyl (C=O) groups excluding carboxylic acids is 2. The fourth-order valence-electron chi connectivity index (χ4n) is 3.35. The van der Waals surface area contributed by atoms with Crippen molar-refractivity contribution in [1.82, 2.24) is 30.0 Å². The van der Waals surface area contributed by atoms with E-state index in [9.17, 15) is 24.6 Å². The minimum atomic E-state index is -1.20. The van der Waals surface area contributed by atoms with Crippen LogP contribution < -0.4 is 40.6 Å². The van der Waals surface area contributed by atoms with Crippen molar-refractivity contribution < 1.29 is 55.6 Å². The molecule has 2 aromatic heterocycles. The molecule has 0 bridgehead atoms. The molecule has 4 heterocycles. The number of carboxylic acid groups (broad SMARTS) is 1. The summed E-state index contributed by atoms with van der Waals surface area (Å²) in [5, 5.41) is 31.6. The number of nitrogens with zero attached hydrogens (tertiary/aromatic N) is 5. The number of β-lactam (4-membered cyclic amide) rings is 1. The molecule has 12 nitrogen and oxygen atoms in total. The third kappa shape index (κ3) is 5.23. The van der Waals surface area contributed by atoms with Gasteiger partial charge < -0.3 is 27.3 Å². The second-order valence-corrected chi connectivity index (χ2v) is 9.91. The van der Waals surface area contributed by atoms with Gasteiger partial charge in [-0.15, -0.1) is 33.3 Å². The number of aliphatic carboxylic acids is 1. The van der Waals surface area contributed by atoms with Crippen molar-refractivity contribution >= 4 is 57.8 Å². The zero-order chi connectivity index (χ0) is 23.0. The van der Waals surface area contributed by atoms with Crippen LogP contribution in [0, 0.1) is 0 Å². The topological polar surface area (TPSA) is 177 Å². The summed E-state index contributed by atoms with van der Waals surface area (Å²) in [6.07, 6.45) is -0.00802. The molecule has 0 spiro atoms. The molecule has 2 aliphatic rings. The third-order valence-corrected chi connectivity index (χ3v) is 8.09. The Labute approximate surface area is 224 Å². The maximum Gasteiger partial charge on any atom is 1.00 e. The van der Waals surface area contributed by atoms with Crippen molar-refractivity contribution in [2.75, 3.05) is 17.2 Å². The van der Waals surface area contributed by atoms with Crippen LogP contribution in [0.2, 0.25) is 0 Å². The number of hydrogen-bond donors (Lipinski definition) is 4. The van der Waals surface area contributed by atoms with Gasteiger partial charge in [-0.1, -0.05) is 11.8 Å². The normalized spacial score (nSPS) is 19.6. The first-order valence-electron chi connectivity index (χ1n) is 9.31. The van der Waals surface area contributed by atoms with Gasteiger partial charge in [-0.3, -0.25) is 14.5 Å². The molecule has 2 aliphatic heterocycles. The SMILES string of the molecule is Cn1c(CO)nnc1SCC1=C(C(=O)O)N2C(=O)C(NC(=O)Cc3csc(N)n3)[C@H]2SC1.[H-].[Na+]. The first-order chi connectivity index (χ1) is 15.3. The molecule has 1 fully saturated rings. The molecule has 16 heteroatoms. The van der Waals surface area contributed by atoms with Crippen LogP contribution in [0.1, 0.15) is 12.9 Å². The van der Waals surface area contributed by atoms with Crippen molar-refractivity contribution in [3.05, 3.63) is 28.2 Å². The standard InChI is InChI=1S/C17H19N7O5S3.Na.H/c1-23-9(3-25)21-22-17(23)32-5-7-4-30-14-11(13(27)24(14)12(7)15(28)29)20-10(26)2-8-6-31-16(18)19-8;;/h6,11,14,25H,2-5H2,1H3,(H2,18,19)(H,20,26)(H,28,29);;/q;+1;-1/t11?,14-;;/m1../s1. The van der Waals surface area contributed by atoms with Crippen LogP contribution in [0.15, 0.2) is 21.8 Å². The molecule has 1 saturated heterocycles. The van der Waals surface area contributed by atoms with Gasteiger partial charge in [0.15, 0.2) is 16.1 Å². The number of aromatic nitrogens is 4. The van der Waals surface area contributed by atoms with E-state index in [0.29, 0.717) is 38.9 Å². The number of aliphatic hydroxyl groups is 1. The first-order valence-corrected chi connectivity index (χ1v) is 12.2. The quantitative estimate of drug-likeness (QED) is 0.154. The number of nitrogen functional groups attached to an aromatic ring is 1. The van der Waals surface area contributed by atoms with Crippen LogP contribution in [-0.2, 0) is 34.5 Å². The fraction of sp³-hybridized carbons (Fsp3) is 0.412. The summed E-state index contributed by atoms with van der Waals surface area (Å²) in [6, 6.07) is -0.794. The van der Waals surface area contributed by atoms with E-state index in [0.717, 1.165) is 0 Å². The number of anilines is 1. The number of nitrogens with one attached hydrogen (secondary N) is 1. The van der Waals surface area contributed by atoms with E-state index in [1.165, 1.54) is 39.8 Å². The minimum Gasteiger partial charge on any atom is -1.00 e. The second kappa shape index (κ2) is 10.8. The summed E-state index contributed by atoms with van der Waals surface area (Å²) in [4.78, 5) is 42.3. The Morgan fingerprint density at radius 1 is 1.42 bits per heavy atom. The molecule has 2 aromatic rings. The van der Waals surface area contributed by atoms with Crippen LogP contribution in [-0.4, -0.2) is 75.6 Å². The van der Waals surface area contributed by atoms with Crippen molar-refractivity contribution in [1.29, 1.82) is 0 Å². The van der Waals surface area contributed by atoms with Gasteiger partial charge >= 0.3 is 35.5 Å². The van der Waals surface area contributed by atoms with E-state index in [1.807, 2.05) is 0 Å². The van der Waals surface area contributed by atoms with Gasteiger partial charge in [0.25, 0.3) is 5.91 Å². The van der Waals surface area contributed by atoms with E-state index in [2.05, 4.69) is 20.5 Å². The average molecular weight is 522 g/mol. The Kier molecular flexibility index (Phi) is 8.47. The number of rotatable bonds is 8. The number of thiazole rings is 1. The molecule has 0 radical (unpaired) electrons. The molecule has 0 aliphatic carbocycles. The maximum atomic E-state index is 12.7. The van der Waals surface area contributed by atoms with Gasteiger partial charge in [-0.25, -0.2) is 9.78 Å². The monoisotopic (exact) mass is 521 g/mol. The number of nitrogens with two attached hydrogens (primary N) is 1. The van der Waals surface area contributed by atoms with Gasteiger partial charge in [-0.2, -0.15) is 0 Å². The number of carbonyl (C=O) groups is 3. The Hall–Kier alpha value is -1.62. The second-order valence-electron chi connectivity index (χ2n) is 6.97. The van der Waals surface area contributed by atoms with Gasteiger partial charge in [0, 0.05) is 23.9 Å². The van der Waals surface area contributed by atoms with Gasteiger partial charge in [0.2, 0.25) is 5.91 Å². The number of amides is 2. The molecule has 1 unspecified atom stereocenters. The summed E-state index contributed by atoms with van der Waals surface area (Å²) in [7, 11) is 1.71. The fourth-order valence-corrected chi connectivity index (χ4v) is 6.32.